The van der Waals surface area contributed by atoms with E-state index in [9.17, 15) is 19.3 Å². The largest absolute Gasteiger partial charge is 0.353 e. The summed E-state index contributed by atoms with van der Waals surface area (Å²) in [5, 5.41) is 15.4. The summed E-state index contributed by atoms with van der Waals surface area (Å²) in [5.74, 6) is 0.249. The number of benzene rings is 1. The van der Waals surface area contributed by atoms with E-state index in [-0.39, 0.29) is 17.4 Å². The van der Waals surface area contributed by atoms with Crippen molar-refractivity contribution in [3.63, 3.8) is 0 Å². The fourth-order valence-electron chi connectivity index (χ4n) is 4.37. The van der Waals surface area contributed by atoms with Crippen molar-refractivity contribution >= 4 is 17.4 Å². The van der Waals surface area contributed by atoms with E-state index in [2.05, 4.69) is 10.1 Å². The molecule has 1 saturated heterocycles. The van der Waals surface area contributed by atoms with E-state index in [1.807, 2.05) is 4.90 Å². The molecular formula is C22H21FN6O3. The molecule has 1 fully saturated rings. The van der Waals surface area contributed by atoms with Gasteiger partial charge >= 0.3 is 0 Å². The number of anilines is 1. The van der Waals surface area contributed by atoms with Crippen molar-refractivity contribution in [3.05, 3.63) is 75.5 Å². The first-order valence-electron chi connectivity index (χ1n) is 10.5. The Morgan fingerprint density at radius 1 is 1.03 bits per heavy atom. The standard InChI is InChI=1S/C22H21FN6O3/c23-15-4-6-16(7-5-15)28-19-3-1-2-18(19)21(25-28)22(30)27-12-10-26(11-13-27)20-9-8-17(14-24-20)29(31)32/h4-9,14H,1-3,10-13H2. The van der Waals surface area contributed by atoms with Gasteiger partial charge in [0.25, 0.3) is 11.6 Å². The number of carbonyl (C=O) groups excluding carboxylic acids is 1. The lowest BCUT2D eigenvalue weighted by molar-refractivity contribution is -0.385. The molecule has 1 aliphatic carbocycles. The number of nitrogens with zero attached hydrogens (tertiary/aromatic N) is 6. The summed E-state index contributed by atoms with van der Waals surface area (Å²) >= 11 is 0. The minimum absolute atomic E-state index is 0.0480. The van der Waals surface area contributed by atoms with Gasteiger partial charge < -0.3 is 9.80 Å². The zero-order valence-electron chi connectivity index (χ0n) is 17.3. The first kappa shape index (κ1) is 20.1. The zero-order chi connectivity index (χ0) is 22.2. The molecule has 3 aromatic rings. The molecule has 0 radical (unpaired) electrons. The lowest BCUT2D eigenvalue weighted by Crippen LogP contribution is -2.49. The summed E-state index contributed by atoms with van der Waals surface area (Å²) in [6, 6.07) is 9.20. The predicted molar refractivity (Wildman–Crippen MR) is 115 cm³/mol. The molecule has 0 unspecified atom stereocenters. The third-order valence-electron chi connectivity index (χ3n) is 6.04. The van der Waals surface area contributed by atoms with Gasteiger partial charge in [0, 0.05) is 43.5 Å². The van der Waals surface area contributed by atoms with Gasteiger partial charge in [-0.15, -0.1) is 0 Å². The van der Waals surface area contributed by atoms with Crippen LogP contribution in [0.15, 0.2) is 42.6 Å². The highest BCUT2D eigenvalue weighted by Gasteiger charge is 2.31. The third-order valence-corrected chi connectivity index (χ3v) is 6.04. The molecule has 3 heterocycles. The van der Waals surface area contributed by atoms with Crippen molar-refractivity contribution in [1.29, 1.82) is 0 Å². The van der Waals surface area contributed by atoms with E-state index in [1.165, 1.54) is 24.4 Å². The number of hydrogen-bond acceptors (Lipinski definition) is 6. The Labute approximate surface area is 183 Å². The smallest absolute Gasteiger partial charge is 0.287 e. The van der Waals surface area contributed by atoms with Gasteiger partial charge in [-0.25, -0.2) is 14.1 Å². The number of amides is 1. The monoisotopic (exact) mass is 436 g/mol. The summed E-state index contributed by atoms with van der Waals surface area (Å²) in [5.41, 5.74) is 3.18. The van der Waals surface area contributed by atoms with E-state index >= 15 is 0 Å². The van der Waals surface area contributed by atoms with Crippen molar-refractivity contribution in [3.8, 4) is 5.69 Å². The highest BCUT2D eigenvalue weighted by atomic mass is 19.1. The Kier molecular flexibility index (Phi) is 5.04. The molecule has 2 aromatic heterocycles. The van der Waals surface area contributed by atoms with Crippen LogP contribution in [0.2, 0.25) is 0 Å². The molecule has 1 amide bonds. The van der Waals surface area contributed by atoms with Crippen molar-refractivity contribution in [2.24, 2.45) is 0 Å². The van der Waals surface area contributed by atoms with E-state index in [0.29, 0.717) is 37.7 Å². The molecule has 0 atom stereocenters. The van der Waals surface area contributed by atoms with Crippen LogP contribution in [-0.2, 0) is 12.8 Å². The molecule has 1 aliphatic heterocycles. The zero-order valence-corrected chi connectivity index (χ0v) is 17.3. The predicted octanol–water partition coefficient (Wildman–Crippen LogP) is 2.77. The first-order chi connectivity index (χ1) is 15.5. The summed E-state index contributed by atoms with van der Waals surface area (Å²) in [7, 11) is 0. The third kappa shape index (κ3) is 3.57. The number of carbonyl (C=O) groups is 1. The Morgan fingerprint density at radius 2 is 1.78 bits per heavy atom. The molecular weight excluding hydrogens is 415 g/mol. The number of halogens is 1. The fourth-order valence-corrected chi connectivity index (χ4v) is 4.37. The first-order valence-corrected chi connectivity index (χ1v) is 10.5. The van der Waals surface area contributed by atoms with Gasteiger partial charge in [-0.1, -0.05) is 0 Å². The number of pyridine rings is 1. The van der Waals surface area contributed by atoms with Crippen LogP contribution in [0.4, 0.5) is 15.9 Å². The topological polar surface area (TPSA) is 97.4 Å². The minimum atomic E-state index is -0.475. The van der Waals surface area contributed by atoms with Gasteiger partial charge in [-0.3, -0.25) is 14.9 Å². The summed E-state index contributed by atoms with van der Waals surface area (Å²) < 4.78 is 15.1. The van der Waals surface area contributed by atoms with Crippen LogP contribution in [0, 0.1) is 15.9 Å². The van der Waals surface area contributed by atoms with E-state index in [0.717, 1.165) is 36.2 Å². The van der Waals surface area contributed by atoms with Crippen LogP contribution in [0.25, 0.3) is 5.69 Å². The minimum Gasteiger partial charge on any atom is -0.353 e. The van der Waals surface area contributed by atoms with Gasteiger partial charge in [0.2, 0.25) is 0 Å². The van der Waals surface area contributed by atoms with Crippen LogP contribution >= 0.6 is 0 Å². The van der Waals surface area contributed by atoms with E-state index in [1.54, 1.807) is 27.8 Å². The summed E-state index contributed by atoms with van der Waals surface area (Å²) in [6.07, 6.45) is 3.86. The lowest BCUT2D eigenvalue weighted by Gasteiger charge is -2.35. The normalized spacial score (nSPS) is 15.7. The Bertz CT molecular complexity index is 1170. The van der Waals surface area contributed by atoms with Crippen LogP contribution in [-0.4, -0.2) is 56.7 Å². The van der Waals surface area contributed by atoms with E-state index in [4.69, 9.17) is 0 Å². The summed E-state index contributed by atoms with van der Waals surface area (Å²) in [4.78, 5) is 31.6. The van der Waals surface area contributed by atoms with Crippen molar-refractivity contribution in [1.82, 2.24) is 19.7 Å². The van der Waals surface area contributed by atoms with Crippen LogP contribution in [0.5, 0.6) is 0 Å². The number of aromatic nitrogens is 3. The van der Waals surface area contributed by atoms with Crippen LogP contribution in [0.1, 0.15) is 28.2 Å². The molecule has 10 heteroatoms. The van der Waals surface area contributed by atoms with Crippen LogP contribution in [0.3, 0.4) is 0 Å². The van der Waals surface area contributed by atoms with Gasteiger partial charge in [0.05, 0.1) is 10.6 Å². The maximum absolute atomic E-state index is 13.3. The molecule has 164 valence electrons. The van der Waals surface area contributed by atoms with Crippen molar-refractivity contribution < 1.29 is 14.1 Å². The highest BCUT2D eigenvalue weighted by molar-refractivity contribution is 5.94. The quantitative estimate of drug-likeness (QED) is 0.461. The molecule has 0 spiro atoms. The number of piperazine rings is 1. The molecule has 2 aliphatic rings. The number of rotatable bonds is 4. The molecule has 0 N–H and O–H groups in total. The fraction of sp³-hybridized carbons (Fsp3) is 0.318. The number of fused-ring (bicyclic) bond motifs is 1. The SMILES string of the molecule is O=C(c1nn(-c2ccc(F)cc2)c2c1CCC2)N1CCN(c2ccc([N+](=O)[O-])cn2)CC1. The van der Waals surface area contributed by atoms with Gasteiger partial charge in [-0.05, 0) is 49.6 Å². The molecule has 0 saturated carbocycles. The molecule has 0 bridgehead atoms. The average Bonchev–Trinajstić information content (AvgIpc) is 3.43. The summed E-state index contributed by atoms with van der Waals surface area (Å²) in [6.45, 7) is 2.18. The Hall–Kier alpha value is -3.82. The van der Waals surface area contributed by atoms with Gasteiger partial charge in [0.15, 0.2) is 5.69 Å². The Balaban J connectivity index is 1.32. The van der Waals surface area contributed by atoms with Gasteiger partial charge in [-0.2, -0.15) is 5.10 Å². The maximum Gasteiger partial charge on any atom is 0.287 e. The number of nitro groups is 1. The molecule has 9 nitrogen and oxygen atoms in total. The molecule has 5 rings (SSSR count). The molecule has 1 aromatic carbocycles. The van der Waals surface area contributed by atoms with Crippen molar-refractivity contribution in [2.45, 2.75) is 19.3 Å². The second-order valence-electron chi connectivity index (χ2n) is 7.93. The second kappa shape index (κ2) is 8.03. The lowest BCUT2D eigenvalue weighted by atomic mass is 10.1. The average molecular weight is 436 g/mol. The number of hydrogen-bond donors (Lipinski definition) is 0. The Morgan fingerprint density at radius 3 is 2.44 bits per heavy atom. The maximum atomic E-state index is 13.3. The van der Waals surface area contributed by atoms with Gasteiger partial charge in [0.1, 0.15) is 17.8 Å². The second-order valence-corrected chi connectivity index (χ2v) is 7.93. The highest BCUT2D eigenvalue weighted by Crippen LogP contribution is 2.29. The van der Waals surface area contributed by atoms with Crippen molar-refractivity contribution in [2.75, 3.05) is 31.1 Å². The van der Waals surface area contributed by atoms with Crippen LogP contribution < -0.4 is 4.90 Å². The van der Waals surface area contributed by atoms with E-state index < -0.39 is 4.92 Å². The molecule has 32 heavy (non-hydrogen) atoms.